The number of aromatic nitrogens is 1. The second-order valence-corrected chi connectivity index (χ2v) is 11.2. The van der Waals surface area contributed by atoms with Gasteiger partial charge in [-0.3, -0.25) is 14.5 Å². The first kappa shape index (κ1) is 28.3. The number of amides is 2. The number of benzene rings is 4. The molecule has 7 nitrogen and oxygen atoms in total. The highest BCUT2D eigenvalue weighted by Crippen LogP contribution is 2.38. The first-order valence-electron chi connectivity index (χ1n) is 14.8. The maximum absolute atomic E-state index is 14.5. The lowest BCUT2D eigenvalue weighted by molar-refractivity contribution is 0.0703. The zero-order chi connectivity index (χ0) is 30.9. The van der Waals surface area contributed by atoms with E-state index in [1.165, 1.54) is 6.07 Å². The third-order valence-corrected chi connectivity index (χ3v) is 8.34. The van der Waals surface area contributed by atoms with Crippen LogP contribution < -0.4 is 14.4 Å². The maximum atomic E-state index is 14.5. The van der Waals surface area contributed by atoms with Crippen LogP contribution in [0, 0.1) is 5.82 Å². The van der Waals surface area contributed by atoms with Crippen LogP contribution in [0.15, 0.2) is 109 Å². The van der Waals surface area contributed by atoms with Gasteiger partial charge >= 0.3 is 0 Å². The molecular weight excluding hydrogens is 569 g/mol. The third-order valence-electron chi connectivity index (χ3n) is 8.34. The molecule has 224 valence electrons. The fourth-order valence-electron chi connectivity index (χ4n) is 5.99. The van der Waals surface area contributed by atoms with E-state index in [9.17, 15) is 14.0 Å². The van der Waals surface area contributed by atoms with E-state index in [4.69, 9.17) is 9.47 Å². The molecule has 5 aromatic rings. The lowest BCUT2D eigenvalue weighted by atomic mass is 10.0. The molecule has 0 radical (unpaired) electrons. The number of hydrogen-bond donors (Lipinski definition) is 0. The van der Waals surface area contributed by atoms with Gasteiger partial charge < -0.3 is 14.4 Å². The first-order chi connectivity index (χ1) is 22.0. The molecule has 2 aliphatic heterocycles. The summed E-state index contributed by atoms with van der Waals surface area (Å²) in [7, 11) is 0. The Morgan fingerprint density at radius 1 is 0.822 bits per heavy atom. The fraction of sp³-hybridized carbons (Fsp3) is 0.162. The Labute approximate surface area is 260 Å². The van der Waals surface area contributed by atoms with Crippen LogP contribution in [0.3, 0.4) is 0 Å². The largest absolute Gasteiger partial charge is 0.473 e. The SMILES string of the molecule is C[C@H]1c2c(F)cccc2CN1C(=O)c1ccc2c(c1)CN(c1ccc(OCc3ccccc3)nc1OCc1ccccc1)C2=O. The van der Waals surface area contributed by atoms with Gasteiger partial charge in [0.1, 0.15) is 24.7 Å². The van der Waals surface area contributed by atoms with Gasteiger partial charge in [-0.15, -0.1) is 0 Å². The van der Waals surface area contributed by atoms with Crippen molar-refractivity contribution in [2.75, 3.05) is 4.90 Å². The molecule has 0 spiro atoms. The summed E-state index contributed by atoms with van der Waals surface area (Å²) in [5, 5.41) is 0. The van der Waals surface area contributed by atoms with Gasteiger partial charge in [-0.05, 0) is 59.5 Å². The summed E-state index contributed by atoms with van der Waals surface area (Å²) in [5.74, 6) is -0.0779. The van der Waals surface area contributed by atoms with Crippen molar-refractivity contribution in [2.24, 2.45) is 0 Å². The van der Waals surface area contributed by atoms with Crippen molar-refractivity contribution in [1.82, 2.24) is 9.88 Å². The molecule has 4 aromatic carbocycles. The molecule has 2 amide bonds. The minimum atomic E-state index is -0.391. The lowest BCUT2D eigenvalue weighted by Gasteiger charge is -2.22. The smallest absolute Gasteiger partial charge is 0.259 e. The van der Waals surface area contributed by atoms with E-state index < -0.39 is 6.04 Å². The normalized spacial score (nSPS) is 15.2. The van der Waals surface area contributed by atoms with Crippen LogP contribution in [-0.4, -0.2) is 21.7 Å². The van der Waals surface area contributed by atoms with Gasteiger partial charge in [-0.1, -0.05) is 72.8 Å². The molecule has 0 unspecified atom stereocenters. The molecule has 2 aliphatic rings. The van der Waals surface area contributed by atoms with Gasteiger partial charge in [-0.25, -0.2) is 4.39 Å². The third kappa shape index (κ3) is 5.51. The number of hydrogen-bond acceptors (Lipinski definition) is 5. The summed E-state index contributed by atoms with van der Waals surface area (Å²) >= 11 is 0. The average molecular weight is 600 g/mol. The highest BCUT2D eigenvalue weighted by atomic mass is 19.1. The number of carbonyl (C=O) groups excluding carboxylic acids is 2. The minimum absolute atomic E-state index is 0.208. The van der Waals surface area contributed by atoms with Gasteiger partial charge in [0.2, 0.25) is 11.8 Å². The Morgan fingerprint density at radius 3 is 2.24 bits per heavy atom. The highest BCUT2D eigenvalue weighted by molar-refractivity contribution is 6.11. The molecule has 0 aliphatic carbocycles. The Kier molecular flexibility index (Phi) is 7.47. The first-order valence-corrected chi connectivity index (χ1v) is 14.8. The predicted octanol–water partition coefficient (Wildman–Crippen LogP) is 7.26. The Balaban J connectivity index is 1.14. The van der Waals surface area contributed by atoms with E-state index in [0.717, 1.165) is 22.3 Å². The van der Waals surface area contributed by atoms with Crippen molar-refractivity contribution in [2.45, 2.75) is 39.3 Å². The van der Waals surface area contributed by atoms with Crippen molar-refractivity contribution in [3.63, 3.8) is 0 Å². The predicted molar refractivity (Wildman–Crippen MR) is 167 cm³/mol. The Hall–Kier alpha value is -5.50. The Bertz CT molecular complexity index is 1900. The molecule has 0 saturated carbocycles. The summed E-state index contributed by atoms with van der Waals surface area (Å²) in [6.45, 7) is 3.01. The van der Waals surface area contributed by atoms with Crippen molar-refractivity contribution >= 4 is 17.5 Å². The average Bonchev–Trinajstić information content (AvgIpc) is 3.59. The summed E-state index contributed by atoms with van der Waals surface area (Å²) in [6, 6.07) is 32.7. The molecular formula is C37H30FN3O4. The van der Waals surface area contributed by atoms with Crippen LogP contribution in [0.4, 0.5) is 10.1 Å². The molecule has 8 heteroatoms. The standard InChI is InChI=1S/C37H30FN3O4/c1-24-34-28(13-8-14-31(34)38)20-40(24)36(42)27-15-16-30-29(19-27)21-41(37(30)43)32-17-18-33(44-22-25-9-4-2-5-10-25)39-35(32)45-23-26-11-6-3-7-12-26/h2-19,24H,20-23H2,1H3/t24-/m0/s1. The number of carbonyl (C=O) groups is 2. The highest BCUT2D eigenvalue weighted by Gasteiger charge is 2.35. The zero-order valence-corrected chi connectivity index (χ0v) is 24.7. The maximum Gasteiger partial charge on any atom is 0.259 e. The van der Waals surface area contributed by atoms with Crippen molar-refractivity contribution < 1.29 is 23.5 Å². The molecule has 0 N–H and O–H groups in total. The van der Waals surface area contributed by atoms with E-state index in [-0.39, 0.29) is 36.7 Å². The molecule has 1 atom stereocenters. The molecule has 0 bridgehead atoms. The number of anilines is 1. The number of rotatable bonds is 8. The lowest BCUT2D eigenvalue weighted by Crippen LogP contribution is -2.28. The summed E-state index contributed by atoms with van der Waals surface area (Å²) in [4.78, 5) is 35.2. The Morgan fingerprint density at radius 2 is 1.53 bits per heavy atom. The summed E-state index contributed by atoms with van der Waals surface area (Å²) < 4.78 is 26.7. The molecule has 1 aromatic heterocycles. The zero-order valence-electron chi connectivity index (χ0n) is 24.7. The van der Waals surface area contributed by atoms with E-state index in [0.29, 0.717) is 41.4 Å². The van der Waals surface area contributed by atoms with Gasteiger partial charge in [0.05, 0.1) is 12.6 Å². The van der Waals surface area contributed by atoms with Crippen LogP contribution in [0.25, 0.3) is 0 Å². The number of ether oxygens (including phenoxy) is 2. The number of fused-ring (bicyclic) bond motifs is 2. The topological polar surface area (TPSA) is 72.0 Å². The van der Waals surface area contributed by atoms with E-state index in [1.54, 1.807) is 46.2 Å². The fourth-order valence-corrected chi connectivity index (χ4v) is 5.99. The van der Waals surface area contributed by atoms with Gasteiger partial charge in [0, 0.05) is 29.3 Å². The second-order valence-electron chi connectivity index (χ2n) is 11.2. The van der Waals surface area contributed by atoms with Crippen LogP contribution in [0.5, 0.6) is 11.8 Å². The molecule has 3 heterocycles. The number of nitrogens with zero attached hydrogens (tertiary/aromatic N) is 3. The summed E-state index contributed by atoms with van der Waals surface area (Å²) in [5.41, 5.74) is 5.51. The molecule has 7 rings (SSSR count). The van der Waals surface area contributed by atoms with Crippen molar-refractivity contribution in [3.8, 4) is 11.8 Å². The summed E-state index contributed by atoms with van der Waals surface area (Å²) in [6.07, 6.45) is 0. The van der Waals surface area contributed by atoms with E-state index in [2.05, 4.69) is 4.98 Å². The quantitative estimate of drug-likeness (QED) is 0.188. The molecule has 0 fully saturated rings. The monoisotopic (exact) mass is 599 g/mol. The van der Waals surface area contributed by atoms with Gasteiger partial charge in [0.15, 0.2) is 0 Å². The molecule has 0 saturated heterocycles. The van der Waals surface area contributed by atoms with Gasteiger partial charge in [0.25, 0.3) is 11.8 Å². The molecule has 45 heavy (non-hydrogen) atoms. The minimum Gasteiger partial charge on any atom is -0.473 e. The van der Waals surface area contributed by atoms with Crippen molar-refractivity contribution in [1.29, 1.82) is 0 Å². The number of pyridine rings is 1. The van der Waals surface area contributed by atoms with Crippen LogP contribution in [-0.2, 0) is 26.3 Å². The van der Waals surface area contributed by atoms with Crippen LogP contribution in [0.1, 0.15) is 61.5 Å². The van der Waals surface area contributed by atoms with Crippen LogP contribution >= 0.6 is 0 Å². The van der Waals surface area contributed by atoms with E-state index >= 15 is 0 Å². The van der Waals surface area contributed by atoms with E-state index in [1.807, 2.05) is 73.7 Å². The number of halogens is 1. The van der Waals surface area contributed by atoms with Crippen LogP contribution in [0.2, 0.25) is 0 Å². The second kappa shape index (κ2) is 11.9. The van der Waals surface area contributed by atoms with Gasteiger partial charge in [-0.2, -0.15) is 4.98 Å². The van der Waals surface area contributed by atoms with Crippen molar-refractivity contribution in [3.05, 3.63) is 154 Å².